The third-order valence-corrected chi connectivity index (χ3v) is 2.75. The van der Waals surface area contributed by atoms with Crippen molar-refractivity contribution in [3.8, 4) is 0 Å². The molecule has 0 radical (unpaired) electrons. The largest absolute Gasteiger partial charge is 0.388 e. The van der Waals surface area contributed by atoms with Gasteiger partial charge in [0.25, 0.3) is 0 Å². The third kappa shape index (κ3) is 2.80. The number of aryl methyl sites for hydroxylation is 2. The highest BCUT2D eigenvalue weighted by molar-refractivity contribution is 5.33. The molecular weight excluding hydrogens is 207 g/mol. The summed E-state index contributed by atoms with van der Waals surface area (Å²) in [5, 5.41) is 10.1. The Morgan fingerprint density at radius 1 is 1.38 bits per heavy atom. The van der Waals surface area contributed by atoms with Crippen molar-refractivity contribution in [1.82, 2.24) is 0 Å². The number of hydrogen-bond acceptors (Lipinski definition) is 2. The van der Waals surface area contributed by atoms with Gasteiger partial charge in [0.1, 0.15) is 5.82 Å². The number of aliphatic hydroxyl groups is 1. The molecule has 0 aliphatic carbocycles. The second kappa shape index (κ2) is 5.41. The van der Waals surface area contributed by atoms with Gasteiger partial charge in [0.2, 0.25) is 0 Å². The van der Waals surface area contributed by atoms with E-state index in [1.807, 2.05) is 26.8 Å². The molecule has 1 rings (SSSR count). The molecular formula is C13H19FO2. The van der Waals surface area contributed by atoms with Crippen LogP contribution >= 0.6 is 0 Å². The van der Waals surface area contributed by atoms with Crippen LogP contribution in [0.25, 0.3) is 0 Å². The molecule has 0 saturated heterocycles. The van der Waals surface area contributed by atoms with Gasteiger partial charge in [0, 0.05) is 18.6 Å². The van der Waals surface area contributed by atoms with Gasteiger partial charge in [-0.15, -0.1) is 0 Å². The zero-order valence-electron chi connectivity index (χ0n) is 10.2. The Kier molecular flexibility index (Phi) is 4.44. The predicted octanol–water partition coefficient (Wildman–Crippen LogP) is 2.76. The van der Waals surface area contributed by atoms with Gasteiger partial charge in [-0.05, 0) is 31.0 Å². The van der Waals surface area contributed by atoms with Crippen LogP contribution in [0.3, 0.4) is 0 Å². The van der Waals surface area contributed by atoms with E-state index >= 15 is 0 Å². The van der Waals surface area contributed by atoms with Crippen molar-refractivity contribution >= 4 is 0 Å². The van der Waals surface area contributed by atoms with Crippen LogP contribution in [0.5, 0.6) is 0 Å². The summed E-state index contributed by atoms with van der Waals surface area (Å²) in [5.41, 5.74) is 2.04. The fourth-order valence-electron chi connectivity index (χ4n) is 1.94. The Morgan fingerprint density at radius 3 is 2.50 bits per heavy atom. The summed E-state index contributed by atoms with van der Waals surface area (Å²) in [6.45, 7) is 5.90. The van der Waals surface area contributed by atoms with Gasteiger partial charge < -0.3 is 9.84 Å². The first kappa shape index (κ1) is 13.1. The lowest BCUT2D eigenvalue weighted by molar-refractivity contribution is 0.0541. The second-order valence-electron chi connectivity index (χ2n) is 4.35. The minimum atomic E-state index is -0.819. The molecule has 0 fully saturated rings. The Bertz CT molecular complexity index is 340. The van der Waals surface area contributed by atoms with E-state index in [-0.39, 0.29) is 11.7 Å². The van der Waals surface area contributed by atoms with Crippen LogP contribution in [0, 0.1) is 25.6 Å². The van der Waals surface area contributed by atoms with Gasteiger partial charge in [-0.2, -0.15) is 0 Å². The summed E-state index contributed by atoms with van der Waals surface area (Å²) >= 11 is 0. The fraction of sp³-hybridized carbons (Fsp3) is 0.538. The summed E-state index contributed by atoms with van der Waals surface area (Å²) in [4.78, 5) is 0. The minimum Gasteiger partial charge on any atom is -0.388 e. The smallest absolute Gasteiger partial charge is 0.129 e. The van der Waals surface area contributed by atoms with E-state index in [9.17, 15) is 9.50 Å². The van der Waals surface area contributed by atoms with Crippen molar-refractivity contribution in [2.45, 2.75) is 26.9 Å². The molecule has 0 spiro atoms. The highest BCUT2D eigenvalue weighted by Crippen LogP contribution is 2.28. The molecule has 1 aromatic carbocycles. The average Bonchev–Trinajstić information content (AvgIpc) is 2.16. The van der Waals surface area contributed by atoms with Crippen molar-refractivity contribution in [3.05, 3.63) is 34.6 Å². The lowest BCUT2D eigenvalue weighted by atomic mass is 9.93. The van der Waals surface area contributed by atoms with Crippen LogP contribution in [-0.2, 0) is 4.74 Å². The minimum absolute atomic E-state index is 0.124. The van der Waals surface area contributed by atoms with E-state index in [2.05, 4.69) is 0 Å². The first-order valence-electron chi connectivity index (χ1n) is 5.41. The number of benzene rings is 1. The number of rotatable bonds is 4. The molecule has 2 unspecified atom stereocenters. The van der Waals surface area contributed by atoms with Crippen molar-refractivity contribution in [2.75, 3.05) is 13.7 Å². The Hall–Kier alpha value is -0.930. The molecule has 0 aliphatic heterocycles. The second-order valence-corrected chi connectivity index (χ2v) is 4.35. The molecule has 2 atom stereocenters. The van der Waals surface area contributed by atoms with Crippen molar-refractivity contribution in [2.24, 2.45) is 5.92 Å². The van der Waals surface area contributed by atoms with Crippen LogP contribution in [0.15, 0.2) is 12.1 Å². The molecule has 0 bridgehead atoms. The molecule has 0 saturated carbocycles. The molecule has 2 nitrogen and oxygen atoms in total. The first-order chi connectivity index (χ1) is 7.47. The lowest BCUT2D eigenvalue weighted by Crippen LogP contribution is -2.17. The monoisotopic (exact) mass is 226 g/mol. The maximum absolute atomic E-state index is 13.8. The van der Waals surface area contributed by atoms with Crippen LogP contribution in [-0.4, -0.2) is 18.8 Å². The van der Waals surface area contributed by atoms with Crippen molar-refractivity contribution in [3.63, 3.8) is 0 Å². The van der Waals surface area contributed by atoms with Crippen LogP contribution in [0.2, 0.25) is 0 Å². The molecule has 1 N–H and O–H groups in total. The van der Waals surface area contributed by atoms with E-state index in [4.69, 9.17) is 4.74 Å². The maximum atomic E-state index is 13.8. The molecule has 90 valence electrons. The standard InChI is InChI=1S/C13H19FO2/c1-8-5-9(2)12(11(14)6-8)13(15)10(3)7-16-4/h5-6,10,13,15H,7H2,1-4H3. The highest BCUT2D eigenvalue weighted by Gasteiger charge is 2.21. The van der Waals surface area contributed by atoms with Gasteiger partial charge >= 0.3 is 0 Å². The van der Waals surface area contributed by atoms with E-state index in [1.54, 1.807) is 7.11 Å². The van der Waals surface area contributed by atoms with Crippen LogP contribution in [0.4, 0.5) is 4.39 Å². The van der Waals surface area contributed by atoms with Gasteiger partial charge in [-0.1, -0.05) is 13.0 Å². The highest BCUT2D eigenvalue weighted by atomic mass is 19.1. The number of methoxy groups -OCH3 is 1. The Balaban J connectivity index is 3.03. The van der Waals surface area contributed by atoms with Crippen LogP contribution < -0.4 is 0 Å². The quantitative estimate of drug-likeness (QED) is 0.855. The van der Waals surface area contributed by atoms with Crippen molar-refractivity contribution in [1.29, 1.82) is 0 Å². The van der Waals surface area contributed by atoms with Gasteiger partial charge in [0.15, 0.2) is 0 Å². The fourth-order valence-corrected chi connectivity index (χ4v) is 1.94. The maximum Gasteiger partial charge on any atom is 0.129 e. The SMILES string of the molecule is COCC(C)C(O)c1c(C)cc(C)cc1F. The summed E-state index contributed by atoms with van der Waals surface area (Å²) in [6, 6.07) is 3.33. The lowest BCUT2D eigenvalue weighted by Gasteiger charge is -2.21. The number of aliphatic hydroxyl groups excluding tert-OH is 1. The average molecular weight is 226 g/mol. The third-order valence-electron chi connectivity index (χ3n) is 2.75. The van der Waals surface area contributed by atoms with Gasteiger partial charge in [0.05, 0.1) is 12.7 Å². The number of halogens is 1. The van der Waals surface area contributed by atoms with Gasteiger partial charge in [-0.25, -0.2) is 4.39 Å². The predicted molar refractivity (Wildman–Crippen MR) is 61.9 cm³/mol. The normalized spacial score (nSPS) is 14.9. The topological polar surface area (TPSA) is 29.5 Å². The Morgan fingerprint density at radius 2 is 2.00 bits per heavy atom. The van der Waals surface area contributed by atoms with E-state index < -0.39 is 6.10 Å². The van der Waals surface area contributed by atoms with E-state index in [0.717, 1.165) is 11.1 Å². The first-order valence-corrected chi connectivity index (χ1v) is 5.41. The zero-order valence-corrected chi connectivity index (χ0v) is 10.2. The summed E-state index contributed by atoms with van der Waals surface area (Å²) in [7, 11) is 1.57. The summed E-state index contributed by atoms with van der Waals surface area (Å²) in [6.07, 6.45) is -0.819. The molecule has 16 heavy (non-hydrogen) atoms. The summed E-state index contributed by atoms with van der Waals surface area (Å²) in [5.74, 6) is -0.464. The number of ether oxygens (including phenoxy) is 1. The molecule has 0 aliphatic rings. The number of hydrogen-bond donors (Lipinski definition) is 1. The van der Waals surface area contributed by atoms with Crippen molar-refractivity contribution < 1.29 is 14.2 Å². The van der Waals surface area contributed by atoms with E-state index in [1.165, 1.54) is 6.07 Å². The van der Waals surface area contributed by atoms with E-state index in [0.29, 0.717) is 12.2 Å². The molecule has 1 aromatic rings. The molecule has 0 amide bonds. The summed E-state index contributed by atoms with van der Waals surface area (Å²) < 4.78 is 18.7. The van der Waals surface area contributed by atoms with Gasteiger partial charge in [-0.3, -0.25) is 0 Å². The molecule has 0 aromatic heterocycles. The Labute approximate surface area is 96.1 Å². The molecule has 0 heterocycles. The van der Waals surface area contributed by atoms with Crippen LogP contribution in [0.1, 0.15) is 29.7 Å². The zero-order chi connectivity index (χ0) is 12.3. The molecule has 3 heteroatoms.